The van der Waals surface area contributed by atoms with E-state index in [1.807, 2.05) is 31.2 Å². The van der Waals surface area contributed by atoms with Gasteiger partial charge >= 0.3 is 0 Å². The molecule has 2 heteroatoms. The first kappa shape index (κ1) is 7.77. The summed E-state index contributed by atoms with van der Waals surface area (Å²) in [6.07, 6.45) is 0. The van der Waals surface area contributed by atoms with Gasteiger partial charge in [-0.2, -0.15) is 5.26 Å². The Kier molecular flexibility index (Phi) is 2.25. The molecule has 56 valence electrons. The average Bonchev–Trinajstić information content (AvgIpc) is 2.05. The second kappa shape index (κ2) is 3.18. The van der Waals surface area contributed by atoms with Crippen LogP contribution in [0.3, 0.4) is 0 Å². The summed E-state index contributed by atoms with van der Waals surface area (Å²) in [5, 5.41) is 8.50. The number of quaternary nitrogens is 1. The standard InChI is InChI=1S/C9H10N2/c1-7(11)9-4-2-8(6-10)3-5-9/h2-5,7H,11H2,1H3/p+1/t7-/m0/s1. The van der Waals surface area contributed by atoms with E-state index in [1.54, 1.807) is 0 Å². The molecule has 0 radical (unpaired) electrons. The molecule has 2 nitrogen and oxygen atoms in total. The van der Waals surface area contributed by atoms with E-state index in [2.05, 4.69) is 11.8 Å². The molecule has 0 aliphatic heterocycles. The minimum Gasteiger partial charge on any atom is -0.352 e. The van der Waals surface area contributed by atoms with Gasteiger partial charge < -0.3 is 5.73 Å². The molecule has 0 saturated heterocycles. The highest BCUT2D eigenvalue weighted by Crippen LogP contribution is 2.08. The smallest absolute Gasteiger partial charge is 0.107 e. The van der Waals surface area contributed by atoms with Crippen molar-refractivity contribution in [3.63, 3.8) is 0 Å². The molecule has 0 fully saturated rings. The third-order valence-corrected chi connectivity index (χ3v) is 1.61. The molecule has 3 N–H and O–H groups in total. The van der Waals surface area contributed by atoms with Crippen LogP contribution in [0.15, 0.2) is 24.3 Å². The van der Waals surface area contributed by atoms with E-state index in [4.69, 9.17) is 5.26 Å². The van der Waals surface area contributed by atoms with Gasteiger partial charge in [0.2, 0.25) is 0 Å². The molecule has 0 amide bonds. The summed E-state index contributed by atoms with van der Waals surface area (Å²) in [7, 11) is 0. The Morgan fingerprint density at radius 2 is 1.91 bits per heavy atom. The molecule has 0 spiro atoms. The zero-order valence-corrected chi connectivity index (χ0v) is 6.54. The van der Waals surface area contributed by atoms with Gasteiger partial charge in [-0.25, -0.2) is 0 Å². The Morgan fingerprint density at radius 1 is 1.36 bits per heavy atom. The topological polar surface area (TPSA) is 51.4 Å². The molecule has 0 aliphatic rings. The van der Waals surface area contributed by atoms with Crippen LogP contribution in [0.1, 0.15) is 24.1 Å². The number of hydrogen-bond donors (Lipinski definition) is 1. The Hall–Kier alpha value is -1.33. The number of nitrogens with zero attached hydrogens (tertiary/aromatic N) is 1. The fraction of sp³-hybridized carbons (Fsp3) is 0.222. The van der Waals surface area contributed by atoms with E-state index < -0.39 is 0 Å². The third-order valence-electron chi connectivity index (χ3n) is 1.61. The van der Waals surface area contributed by atoms with E-state index in [9.17, 15) is 0 Å². The number of benzene rings is 1. The summed E-state index contributed by atoms with van der Waals surface area (Å²) < 4.78 is 0. The Balaban J connectivity index is 2.94. The largest absolute Gasteiger partial charge is 0.352 e. The van der Waals surface area contributed by atoms with E-state index >= 15 is 0 Å². The Morgan fingerprint density at radius 3 is 2.27 bits per heavy atom. The minimum absolute atomic E-state index is 0.294. The van der Waals surface area contributed by atoms with Crippen LogP contribution in [0.4, 0.5) is 0 Å². The van der Waals surface area contributed by atoms with Gasteiger partial charge in [0.25, 0.3) is 0 Å². The van der Waals surface area contributed by atoms with Crippen molar-refractivity contribution >= 4 is 0 Å². The summed E-state index contributed by atoms with van der Waals surface area (Å²) in [5.74, 6) is 0. The van der Waals surface area contributed by atoms with Gasteiger partial charge in [-0.1, -0.05) is 12.1 Å². The highest BCUT2D eigenvalue weighted by atomic mass is 14.6. The fourth-order valence-corrected chi connectivity index (χ4v) is 0.886. The van der Waals surface area contributed by atoms with Crippen molar-refractivity contribution in [1.82, 2.24) is 0 Å². The van der Waals surface area contributed by atoms with E-state index in [-0.39, 0.29) is 0 Å². The Bertz CT molecular complexity index is 267. The van der Waals surface area contributed by atoms with Gasteiger partial charge in [0.1, 0.15) is 6.04 Å². The molecule has 0 aromatic heterocycles. The predicted molar refractivity (Wildman–Crippen MR) is 42.5 cm³/mol. The van der Waals surface area contributed by atoms with Gasteiger partial charge in [-0.15, -0.1) is 0 Å². The van der Waals surface area contributed by atoms with Crippen molar-refractivity contribution in [2.45, 2.75) is 13.0 Å². The maximum Gasteiger partial charge on any atom is 0.107 e. The van der Waals surface area contributed by atoms with Gasteiger partial charge in [-0.05, 0) is 19.1 Å². The lowest BCUT2D eigenvalue weighted by Gasteiger charge is -2.00. The monoisotopic (exact) mass is 147 g/mol. The maximum atomic E-state index is 8.50. The van der Waals surface area contributed by atoms with Crippen molar-refractivity contribution in [3.8, 4) is 6.07 Å². The molecule has 1 aromatic rings. The SMILES string of the molecule is C[C@H]([NH3+])c1ccc(C#N)cc1. The molecule has 0 bridgehead atoms. The molecule has 0 aliphatic carbocycles. The lowest BCUT2D eigenvalue weighted by molar-refractivity contribution is -0.420. The van der Waals surface area contributed by atoms with E-state index in [0.29, 0.717) is 11.6 Å². The van der Waals surface area contributed by atoms with E-state index in [0.717, 1.165) is 0 Å². The van der Waals surface area contributed by atoms with Crippen LogP contribution in [-0.4, -0.2) is 0 Å². The summed E-state index contributed by atoms with van der Waals surface area (Å²) in [6.45, 7) is 2.03. The second-order valence-electron chi connectivity index (χ2n) is 2.63. The molecule has 11 heavy (non-hydrogen) atoms. The zero-order chi connectivity index (χ0) is 8.27. The minimum atomic E-state index is 0.294. The summed E-state index contributed by atoms with van der Waals surface area (Å²) in [4.78, 5) is 0. The molecule has 0 heterocycles. The highest BCUT2D eigenvalue weighted by molar-refractivity contribution is 5.32. The van der Waals surface area contributed by atoms with Crippen LogP contribution < -0.4 is 5.73 Å². The molecule has 1 atom stereocenters. The summed E-state index contributed by atoms with van der Waals surface area (Å²) in [5.41, 5.74) is 5.75. The summed E-state index contributed by atoms with van der Waals surface area (Å²) >= 11 is 0. The Labute approximate surface area is 66.3 Å². The molecular weight excluding hydrogens is 136 g/mol. The highest BCUT2D eigenvalue weighted by Gasteiger charge is 2.00. The van der Waals surface area contributed by atoms with Gasteiger partial charge in [0, 0.05) is 5.56 Å². The van der Waals surface area contributed by atoms with Crippen molar-refractivity contribution in [2.75, 3.05) is 0 Å². The predicted octanol–water partition coefficient (Wildman–Crippen LogP) is 0.861. The lowest BCUT2D eigenvalue weighted by atomic mass is 10.1. The quantitative estimate of drug-likeness (QED) is 0.629. The molecule has 0 unspecified atom stereocenters. The maximum absolute atomic E-state index is 8.50. The zero-order valence-electron chi connectivity index (χ0n) is 6.54. The van der Waals surface area contributed by atoms with E-state index in [1.165, 1.54) is 5.56 Å². The normalized spacial score (nSPS) is 12.1. The number of rotatable bonds is 1. The third kappa shape index (κ3) is 1.79. The molecule has 1 rings (SSSR count). The van der Waals surface area contributed by atoms with Gasteiger partial charge in [0.15, 0.2) is 0 Å². The van der Waals surface area contributed by atoms with Crippen LogP contribution in [0, 0.1) is 11.3 Å². The molecule has 0 saturated carbocycles. The lowest BCUT2D eigenvalue weighted by Crippen LogP contribution is -2.51. The van der Waals surface area contributed by atoms with Crippen molar-refractivity contribution in [2.24, 2.45) is 0 Å². The van der Waals surface area contributed by atoms with Crippen LogP contribution in [0.5, 0.6) is 0 Å². The molecular formula is C9H11N2+. The average molecular weight is 147 g/mol. The van der Waals surface area contributed by atoms with Crippen molar-refractivity contribution < 1.29 is 5.73 Å². The van der Waals surface area contributed by atoms with Crippen molar-refractivity contribution in [1.29, 1.82) is 5.26 Å². The van der Waals surface area contributed by atoms with Crippen LogP contribution in [0.25, 0.3) is 0 Å². The fourth-order valence-electron chi connectivity index (χ4n) is 0.886. The van der Waals surface area contributed by atoms with Gasteiger partial charge in [0.05, 0.1) is 11.6 Å². The summed E-state index contributed by atoms with van der Waals surface area (Å²) in [6, 6.07) is 9.88. The second-order valence-corrected chi connectivity index (χ2v) is 2.63. The first-order chi connectivity index (χ1) is 5.24. The van der Waals surface area contributed by atoms with Crippen LogP contribution in [0.2, 0.25) is 0 Å². The molecule has 1 aromatic carbocycles. The number of hydrogen-bond acceptors (Lipinski definition) is 1. The van der Waals surface area contributed by atoms with Crippen molar-refractivity contribution in [3.05, 3.63) is 35.4 Å². The first-order valence-electron chi connectivity index (χ1n) is 3.57. The first-order valence-corrected chi connectivity index (χ1v) is 3.57. The van der Waals surface area contributed by atoms with Crippen LogP contribution in [-0.2, 0) is 0 Å². The van der Waals surface area contributed by atoms with Crippen LogP contribution >= 0.6 is 0 Å². The number of nitriles is 1. The van der Waals surface area contributed by atoms with Gasteiger partial charge in [-0.3, -0.25) is 0 Å².